The van der Waals surface area contributed by atoms with Crippen LogP contribution in [0.1, 0.15) is 15.9 Å². The van der Waals surface area contributed by atoms with Crippen molar-refractivity contribution in [3.8, 4) is 5.75 Å². The van der Waals surface area contributed by atoms with E-state index in [4.69, 9.17) is 16.3 Å². The van der Waals surface area contributed by atoms with Gasteiger partial charge in [0.2, 0.25) is 0 Å². The number of rotatable bonds is 6. The molecule has 2 rings (SSSR count). The van der Waals surface area contributed by atoms with Crippen LogP contribution >= 0.6 is 11.6 Å². The standard InChI is InChI=1S/C18H18ClNO4/c1-20(11-13-3-5-14(6-4-13)18(22)23-2)17(21)12-24-16-9-7-15(19)8-10-16/h3-10H,11-12H2,1-2H3. The number of esters is 1. The highest BCUT2D eigenvalue weighted by Gasteiger charge is 2.11. The van der Waals surface area contributed by atoms with Gasteiger partial charge in [0, 0.05) is 18.6 Å². The predicted octanol–water partition coefficient (Wildman–Crippen LogP) is 3.16. The van der Waals surface area contributed by atoms with Gasteiger partial charge in [0.1, 0.15) is 5.75 Å². The first-order valence-electron chi connectivity index (χ1n) is 7.29. The first-order chi connectivity index (χ1) is 11.5. The third-order valence-corrected chi connectivity index (χ3v) is 3.65. The average Bonchev–Trinajstić information content (AvgIpc) is 2.60. The van der Waals surface area contributed by atoms with E-state index in [1.807, 2.05) is 0 Å². The summed E-state index contributed by atoms with van der Waals surface area (Å²) < 4.78 is 10.1. The Hall–Kier alpha value is -2.53. The van der Waals surface area contributed by atoms with Crippen molar-refractivity contribution in [1.82, 2.24) is 4.90 Å². The second kappa shape index (κ2) is 8.36. The minimum Gasteiger partial charge on any atom is -0.484 e. The van der Waals surface area contributed by atoms with E-state index in [-0.39, 0.29) is 18.5 Å². The lowest BCUT2D eigenvalue weighted by molar-refractivity contribution is -0.132. The molecule has 0 saturated heterocycles. The highest BCUT2D eigenvalue weighted by atomic mass is 35.5. The van der Waals surface area contributed by atoms with Gasteiger partial charge in [0.05, 0.1) is 12.7 Å². The number of likely N-dealkylation sites (N-methyl/N-ethyl adjacent to an activating group) is 1. The molecule has 0 aromatic heterocycles. The Kier molecular flexibility index (Phi) is 6.21. The van der Waals surface area contributed by atoms with Gasteiger partial charge in [0.15, 0.2) is 6.61 Å². The van der Waals surface area contributed by atoms with Gasteiger partial charge < -0.3 is 14.4 Å². The maximum absolute atomic E-state index is 12.1. The van der Waals surface area contributed by atoms with Gasteiger partial charge in [-0.05, 0) is 42.0 Å². The summed E-state index contributed by atoms with van der Waals surface area (Å²) in [6, 6.07) is 13.7. The number of carbonyl (C=O) groups is 2. The molecule has 5 nitrogen and oxygen atoms in total. The lowest BCUT2D eigenvalue weighted by atomic mass is 10.1. The van der Waals surface area contributed by atoms with E-state index in [0.29, 0.717) is 22.9 Å². The van der Waals surface area contributed by atoms with Crippen molar-refractivity contribution in [2.75, 3.05) is 20.8 Å². The molecule has 126 valence electrons. The summed E-state index contributed by atoms with van der Waals surface area (Å²) in [7, 11) is 3.03. The summed E-state index contributed by atoms with van der Waals surface area (Å²) in [6.07, 6.45) is 0. The molecule has 0 radical (unpaired) electrons. The summed E-state index contributed by atoms with van der Waals surface area (Å²) >= 11 is 5.80. The molecule has 0 bridgehead atoms. The largest absolute Gasteiger partial charge is 0.484 e. The molecule has 6 heteroatoms. The van der Waals surface area contributed by atoms with Crippen molar-refractivity contribution in [3.63, 3.8) is 0 Å². The third-order valence-electron chi connectivity index (χ3n) is 3.40. The van der Waals surface area contributed by atoms with Crippen LogP contribution in [-0.2, 0) is 16.1 Å². The zero-order valence-electron chi connectivity index (χ0n) is 13.5. The van der Waals surface area contributed by atoms with Gasteiger partial charge in [0.25, 0.3) is 5.91 Å². The number of amides is 1. The molecule has 0 unspecified atom stereocenters. The van der Waals surface area contributed by atoms with Crippen molar-refractivity contribution >= 4 is 23.5 Å². The van der Waals surface area contributed by atoms with Crippen LogP contribution in [0.3, 0.4) is 0 Å². The van der Waals surface area contributed by atoms with Crippen LogP contribution in [0, 0.1) is 0 Å². The van der Waals surface area contributed by atoms with Crippen molar-refractivity contribution in [3.05, 3.63) is 64.7 Å². The summed E-state index contributed by atoms with van der Waals surface area (Å²) in [5.74, 6) is 0.0490. The molecule has 0 heterocycles. The van der Waals surface area contributed by atoms with Crippen LogP contribution < -0.4 is 4.74 Å². The Balaban J connectivity index is 1.86. The lowest BCUT2D eigenvalue weighted by Gasteiger charge is -2.17. The van der Waals surface area contributed by atoms with E-state index in [1.165, 1.54) is 7.11 Å². The number of methoxy groups -OCH3 is 1. The van der Waals surface area contributed by atoms with Gasteiger partial charge in [-0.15, -0.1) is 0 Å². The predicted molar refractivity (Wildman–Crippen MR) is 91.2 cm³/mol. The molecule has 0 spiro atoms. The minimum absolute atomic E-state index is 0.0572. The molecule has 1 amide bonds. The third kappa shape index (κ3) is 4.99. The fraction of sp³-hybridized carbons (Fsp3) is 0.222. The zero-order chi connectivity index (χ0) is 17.5. The van der Waals surface area contributed by atoms with Crippen LogP contribution in [0.5, 0.6) is 5.75 Å². The number of benzene rings is 2. The monoisotopic (exact) mass is 347 g/mol. The Bertz CT molecular complexity index is 698. The van der Waals surface area contributed by atoms with Crippen molar-refractivity contribution in [2.45, 2.75) is 6.54 Å². The minimum atomic E-state index is -0.387. The molecule has 0 N–H and O–H groups in total. The van der Waals surface area contributed by atoms with Crippen LogP contribution in [-0.4, -0.2) is 37.5 Å². The molecule has 0 aliphatic rings. The molecule has 2 aromatic carbocycles. The Morgan fingerprint density at radius 1 is 1.04 bits per heavy atom. The van der Waals surface area contributed by atoms with E-state index < -0.39 is 0 Å². The van der Waals surface area contributed by atoms with Gasteiger partial charge in [-0.3, -0.25) is 4.79 Å². The number of hydrogen-bond acceptors (Lipinski definition) is 4. The van der Waals surface area contributed by atoms with E-state index in [0.717, 1.165) is 5.56 Å². The topological polar surface area (TPSA) is 55.8 Å². The van der Waals surface area contributed by atoms with E-state index in [9.17, 15) is 9.59 Å². The maximum Gasteiger partial charge on any atom is 0.337 e. The van der Waals surface area contributed by atoms with Crippen LogP contribution in [0.25, 0.3) is 0 Å². The van der Waals surface area contributed by atoms with E-state index in [1.54, 1.807) is 60.5 Å². The fourth-order valence-electron chi connectivity index (χ4n) is 2.01. The van der Waals surface area contributed by atoms with Crippen LogP contribution in [0.15, 0.2) is 48.5 Å². The number of carbonyl (C=O) groups excluding carboxylic acids is 2. The Labute approximate surface area is 145 Å². The van der Waals surface area contributed by atoms with E-state index >= 15 is 0 Å². The first-order valence-corrected chi connectivity index (χ1v) is 7.67. The number of nitrogens with zero attached hydrogens (tertiary/aromatic N) is 1. The van der Waals surface area contributed by atoms with Gasteiger partial charge in [-0.1, -0.05) is 23.7 Å². The second-order valence-corrected chi connectivity index (χ2v) is 5.62. The average molecular weight is 348 g/mol. The number of ether oxygens (including phenoxy) is 2. The molecular weight excluding hydrogens is 330 g/mol. The maximum atomic E-state index is 12.1. The summed E-state index contributed by atoms with van der Waals surface area (Å²) in [5.41, 5.74) is 1.38. The molecule has 0 aliphatic heterocycles. The van der Waals surface area contributed by atoms with Gasteiger partial charge in [-0.25, -0.2) is 4.79 Å². The quantitative estimate of drug-likeness (QED) is 0.753. The highest BCUT2D eigenvalue weighted by Crippen LogP contribution is 2.15. The van der Waals surface area contributed by atoms with Crippen molar-refractivity contribution < 1.29 is 19.1 Å². The fourth-order valence-corrected chi connectivity index (χ4v) is 2.14. The Morgan fingerprint density at radius 3 is 2.25 bits per heavy atom. The number of halogens is 1. The molecule has 0 saturated carbocycles. The lowest BCUT2D eigenvalue weighted by Crippen LogP contribution is -2.30. The van der Waals surface area contributed by atoms with Crippen molar-refractivity contribution in [2.24, 2.45) is 0 Å². The molecule has 0 atom stereocenters. The first kappa shape index (κ1) is 17.8. The smallest absolute Gasteiger partial charge is 0.337 e. The summed E-state index contributed by atoms with van der Waals surface area (Å²) in [6.45, 7) is 0.364. The molecular formula is C18H18ClNO4. The molecule has 24 heavy (non-hydrogen) atoms. The molecule has 2 aromatic rings. The number of hydrogen-bond donors (Lipinski definition) is 0. The second-order valence-electron chi connectivity index (χ2n) is 5.18. The van der Waals surface area contributed by atoms with Gasteiger partial charge in [-0.2, -0.15) is 0 Å². The zero-order valence-corrected chi connectivity index (χ0v) is 14.2. The summed E-state index contributed by atoms with van der Waals surface area (Å²) in [5, 5.41) is 0.612. The van der Waals surface area contributed by atoms with Crippen LogP contribution in [0.4, 0.5) is 0 Å². The van der Waals surface area contributed by atoms with Crippen LogP contribution in [0.2, 0.25) is 5.02 Å². The summed E-state index contributed by atoms with van der Waals surface area (Å²) in [4.78, 5) is 25.1. The molecule has 0 aliphatic carbocycles. The van der Waals surface area contributed by atoms with E-state index in [2.05, 4.69) is 4.74 Å². The van der Waals surface area contributed by atoms with Gasteiger partial charge >= 0.3 is 5.97 Å². The Morgan fingerprint density at radius 2 is 1.67 bits per heavy atom. The highest BCUT2D eigenvalue weighted by molar-refractivity contribution is 6.30. The molecule has 0 fully saturated rings. The van der Waals surface area contributed by atoms with Crippen molar-refractivity contribution in [1.29, 1.82) is 0 Å². The SMILES string of the molecule is COC(=O)c1ccc(CN(C)C(=O)COc2ccc(Cl)cc2)cc1. The normalized spacial score (nSPS) is 10.1.